The number of carbonyl (C=O) groups excluding carboxylic acids is 1. The Morgan fingerprint density at radius 1 is 1.19 bits per heavy atom. The maximum Gasteiger partial charge on any atom is 0.243 e. The fourth-order valence-corrected chi connectivity index (χ4v) is 5.68. The average Bonchev–Trinajstić information content (AvgIpc) is 2.68. The third kappa shape index (κ3) is 4.41. The largest absolute Gasteiger partial charge is 0.495 e. The predicted octanol–water partition coefficient (Wildman–Crippen LogP) is 3.01. The van der Waals surface area contributed by atoms with E-state index in [4.69, 9.17) is 16.3 Å². The number of methoxy groups -OCH3 is 1. The van der Waals surface area contributed by atoms with E-state index in [1.165, 1.54) is 23.5 Å². The number of sulfonamides is 1. The van der Waals surface area contributed by atoms with Crippen LogP contribution in [0.25, 0.3) is 0 Å². The lowest BCUT2D eigenvalue weighted by atomic mass is 9.94. The van der Waals surface area contributed by atoms with Crippen LogP contribution in [0, 0.1) is 11.8 Å². The molecule has 1 aromatic carbocycles. The van der Waals surface area contributed by atoms with Crippen molar-refractivity contribution in [3.63, 3.8) is 0 Å². The standard InChI is InChI=1S/C19H27ClN2O4S/c1-14-7-10-21(11-8-14)19(23)15-4-3-9-22(13-15)27(24,25)16-5-6-18(26-2)17(20)12-16/h5-6,12,14-15H,3-4,7-11,13H2,1-2H3/t15-/m0/s1. The summed E-state index contributed by atoms with van der Waals surface area (Å²) < 4.78 is 32.6. The van der Waals surface area contributed by atoms with Crippen molar-refractivity contribution in [1.82, 2.24) is 9.21 Å². The number of hydrogen-bond acceptors (Lipinski definition) is 4. The van der Waals surface area contributed by atoms with Gasteiger partial charge in [-0.05, 0) is 49.8 Å². The zero-order valence-electron chi connectivity index (χ0n) is 15.9. The summed E-state index contributed by atoms with van der Waals surface area (Å²) >= 11 is 6.10. The fourth-order valence-electron chi connectivity index (χ4n) is 3.81. The highest BCUT2D eigenvalue weighted by atomic mass is 35.5. The smallest absolute Gasteiger partial charge is 0.243 e. The molecule has 2 aliphatic rings. The highest BCUT2D eigenvalue weighted by Gasteiger charge is 2.35. The van der Waals surface area contributed by atoms with Crippen LogP contribution in [0.1, 0.15) is 32.6 Å². The summed E-state index contributed by atoms with van der Waals surface area (Å²) in [5, 5.41) is 0.255. The summed E-state index contributed by atoms with van der Waals surface area (Å²) in [4.78, 5) is 14.9. The second-order valence-corrected chi connectivity index (χ2v) is 9.85. The van der Waals surface area contributed by atoms with E-state index < -0.39 is 10.0 Å². The van der Waals surface area contributed by atoms with E-state index in [0.29, 0.717) is 24.6 Å². The number of piperidine rings is 2. The molecule has 0 aliphatic carbocycles. The molecule has 1 amide bonds. The second-order valence-electron chi connectivity index (χ2n) is 7.51. The van der Waals surface area contributed by atoms with Crippen molar-refractivity contribution in [3.05, 3.63) is 23.2 Å². The molecule has 8 heteroatoms. The molecule has 0 unspecified atom stereocenters. The van der Waals surface area contributed by atoms with Crippen molar-refractivity contribution in [3.8, 4) is 5.75 Å². The third-order valence-electron chi connectivity index (χ3n) is 5.59. The van der Waals surface area contributed by atoms with Gasteiger partial charge in [0.25, 0.3) is 0 Å². The van der Waals surface area contributed by atoms with Gasteiger partial charge >= 0.3 is 0 Å². The Morgan fingerprint density at radius 2 is 1.89 bits per heavy atom. The molecule has 0 radical (unpaired) electrons. The Morgan fingerprint density at radius 3 is 2.52 bits per heavy atom. The fraction of sp³-hybridized carbons (Fsp3) is 0.632. The van der Waals surface area contributed by atoms with Crippen molar-refractivity contribution in [2.45, 2.75) is 37.5 Å². The first-order chi connectivity index (χ1) is 12.8. The van der Waals surface area contributed by atoms with Crippen LogP contribution in [-0.2, 0) is 14.8 Å². The van der Waals surface area contributed by atoms with Gasteiger partial charge < -0.3 is 9.64 Å². The van der Waals surface area contributed by atoms with E-state index in [1.54, 1.807) is 6.07 Å². The number of carbonyl (C=O) groups is 1. The zero-order valence-corrected chi connectivity index (χ0v) is 17.4. The van der Waals surface area contributed by atoms with E-state index in [9.17, 15) is 13.2 Å². The van der Waals surface area contributed by atoms with Gasteiger partial charge in [-0.2, -0.15) is 4.31 Å². The number of rotatable bonds is 4. The molecule has 2 aliphatic heterocycles. The number of likely N-dealkylation sites (tertiary alicyclic amines) is 1. The van der Waals surface area contributed by atoms with Crippen LogP contribution in [0.15, 0.2) is 23.1 Å². The molecule has 0 aromatic heterocycles. The maximum absolute atomic E-state index is 13.0. The van der Waals surface area contributed by atoms with Gasteiger partial charge in [-0.1, -0.05) is 18.5 Å². The van der Waals surface area contributed by atoms with Crippen LogP contribution in [-0.4, -0.2) is 56.8 Å². The highest BCUT2D eigenvalue weighted by Crippen LogP contribution is 2.31. The van der Waals surface area contributed by atoms with Crippen LogP contribution in [0.5, 0.6) is 5.75 Å². The molecule has 0 N–H and O–H groups in total. The molecule has 1 atom stereocenters. The molecule has 2 saturated heterocycles. The van der Waals surface area contributed by atoms with Crippen molar-refractivity contribution in [2.75, 3.05) is 33.3 Å². The lowest BCUT2D eigenvalue weighted by molar-refractivity contribution is -0.138. The van der Waals surface area contributed by atoms with E-state index >= 15 is 0 Å². The molecule has 0 spiro atoms. The Hall–Kier alpha value is -1.31. The van der Waals surface area contributed by atoms with Crippen LogP contribution < -0.4 is 4.74 Å². The van der Waals surface area contributed by atoms with Crippen molar-refractivity contribution in [1.29, 1.82) is 0 Å². The monoisotopic (exact) mass is 414 g/mol. The molecule has 3 rings (SSSR count). The zero-order chi connectivity index (χ0) is 19.6. The maximum atomic E-state index is 13.0. The van der Waals surface area contributed by atoms with Crippen LogP contribution >= 0.6 is 11.6 Å². The molecule has 2 fully saturated rings. The second kappa shape index (κ2) is 8.37. The van der Waals surface area contributed by atoms with Gasteiger partial charge in [-0.3, -0.25) is 4.79 Å². The van der Waals surface area contributed by atoms with Gasteiger partial charge in [-0.25, -0.2) is 8.42 Å². The van der Waals surface area contributed by atoms with Gasteiger partial charge in [0, 0.05) is 26.2 Å². The topological polar surface area (TPSA) is 66.9 Å². The Kier molecular flexibility index (Phi) is 6.33. The summed E-state index contributed by atoms with van der Waals surface area (Å²) in [6.45, 7) is 4.41. The van der Waals surface area contributed by atoms with Gasteiger partial charge in [0.1, 0.15) is 5.75 Å². The van der Waals surface area contributed by atoms with E-state index in [0.717, 1.165) is 32.4 Å². The SMILES string of the molecule is COc1ccc(S(=O)(=O)N2CCC[C@H](C(=O)N3CCC(C)CC3)C2)cc1Cl. The first-order valence-electron chi connectivity index (χ1n) is 9.45. The number of amides is 1. The molecule has 27 heavy (non-hydrogen) atoms. The Bertz CT molecular complexity index is 791. The molecular weight excluding hydrogens is 388 g/mol. The summed E-state index contributed by atoms with van der Waals surface area (Å²) in [6.07, 6.45) is 3.46. The number of benzene rings is 1. The summed E-state index contributed by atoms with van der Waals surface area (Å²) in [5.74, 6) is 0.906. The Balaban J connectivity index is 1.73. The molecule has 2 heterocycles. The van der Waals surface area contributed by atoms with Crippen LogP contribution in [0.4, 0.5) is 0 Å². The number of ether oxygens (including phenoxy) is 1. The van der Waals surface area contributed by atoms with Gasteiger partial charge in [-0.15, -0.1) is 0 Å². The van der Waals surface area contributed by atoms with E-state index in [1.807, 2.05) is 4.90 Å². The minimum atomic E-state index is -3.69. The average molecular weight is 415 g/mol. The molecular formula is C19H27ClN2O4S. The van der Waals surface area contributed by atoms with Crippen molar-refractivity contribution < 1.29 is 17.9 Å². The van der Waals surface area contributed by atoms with Crippen LogP contribution in [0.2, 0.25) is 5.02 Å². The number of halogens is 1. The van der Waals surface area contributed by atoms with Crippen LogP contribution in [0.3, 0.4) is 0 Å². The molecule has 1 aromatic rings. The quantitative estimate of drug-likeness (QED) is 0.759. The molecule has 150 valence electrons. The highest BCUT2D eigenvalue weighted by molar-refractivity contribution is 7.89. The van der Waals surface area contributed by atoms with Crippen molar-refractivity contribution >= 4 is 27.5 Å². The summed E-state index contributed by atoms with van der Waals surface area (Å²) in [5.41, 5.74) is 0. The lowest BCUT2D eigenvalue weighted by Crippen LogP contribution is -2.48. The number of hydrogen-bond donors (Lipinski definition) is 0. The van der Waals surface area contributed by atoms with Crippen molar-refractivity contribution in [2.24, 2.45) is 11.8 Å². The minimum absolute atomic E-state index is 0.0922. The first kappa shape index (κ1) is 20.4. The molecule has 6 nitrogen and oxygen atoms in total. The van der Waals surface area contributed by atoms with E-state index in [2.05, 4.69) is 6.92 Å². The number of nitrogens with zero attached hydrogens (tertiary/aromatic N) is 2. The predicted molar refractivity (Wildman–Crippen MR) is 104 cm³/mol. The summed E-state index contributed by atoms with van der Waals surface area (Å²) in [6, 6.07) is 4.46. The van der Waals surface area contributed by atoms with Gasteiger partial charge in [0.2, 0.25) is 15.9 Å². The third-order valence-corrected chi connectivity index (χ3v) is 7.75. The normalized spacial score (nSPS) is 22.6. The minimum Gasteiger partial charge on any atom is -0.495 e. The van der Waals surface area contributed by atoms with Gasteiger partial charge in [0.15, 0.2) is 0 Å². The Labute approximate surface area is 166 Å². The lowest BCUT2D eigenvalue weighted by Gasteiger charge is -2.36. The van der Waals surface area contributed by atoms with Gasteiger partial charge in [0.05, 0.1) is 22.9 Å². The molecule has 0 bridgehead atoms. The summed E-state index contributed by atoms with van der Waals surface area (Å²) in [7, 11) is -2.21. The first-order valence-corrected chi connectivity index (χ1v) is 11.3. The molecule has 0 saturated carbocycles. The van der Waals surface area contributed by atoms with E-state index in [-0.39, 0.29) is 28.3 Å².